The number of aliphatic hydroxyl groups excluding tert-OH is 1. The molecule has 0 aromatic heterocycles. The van der Waals surface area contributed by atoms with Crippen molar-refractivity contribution in [3.8, 4) is 0 Å². The maximum Gasteiger partial charge on any atom is 0.305 e. The van der Waals surface area contributed by atoms with E-state index in [1.54, 1.807) is 6.92 Å². The van der Waals surface area contributed by atoms with Crippen molar-refractivity contribution < 1.29 is 24.2 Å². The molecule has 0 saturated heterocycles. The van der Waals surface area contributed by atoms with Crippen molar-refractivity contribution in [1.82, 2.24) is 0 Å². The molecule has 0 aliphatic heterocycles. The lowest BCUT2D eigenvalue weighted by Gasteiger charge is -2.20. The third-order valence-electron chi connectivity index (χ3n) is 5.60. The lowest BCUT2D eigenvalue weighted by Crippen LogP contribution is -2.21. The summed E-state index contributed by atoms with van der Waals surface area (Å²) in [5.74, 6) is 0.0982. The van der Waals surface area contributed by atoms with Crippen LogP contribution in [0.1, 0.15) is 97.3 Å². The molecule has 1 saturated carbocycles. The second-order valence-electron chi connectivity index (χ2n) is 7.80. The van der Waals surface area contributed by atoms with Gasteiger partial charge >= 0.3 is 5.97 Å². The van der Waals surface area contributed by atoms with Gasteiger partial charge in [0.25, 0.3) is 0 Å². The molecule has 1 fully saturated rings. The Bertz CT molecular complexity index is 460. The molecule has 156 valence electrons. The topological polar surface area (TPSA) is 80.7 Å². The molecule has 5 nitrogen and oxygen atoms in total. The number of unbranched alkanes of at least 4 members (excludes halogenated alkanes) is 5. The molecule has 0 heterocycles. The van der Waals surface area contributed by atoms with Crippen molar-refractivity contribution in [3.63, 3.8) is 0 Å². The number of hydrogen-bond acceptors (Lipinski definition) is 5. The minimum Gasteiger partial charge on any atom is -0.466 e. The van der Waals surface area contributed by atoms with E-state index in [1.807, 2.05) is 0 Å². The SMILES string of the molecule is CCCCCC(=O)CC[C@H]1[C@H](O)CC(=O)[C@@H]1CCCCCCC(=O)OCC. The Morgan fingerprint density at radius 1 is 0.963 bits per heavy atom. The number of esters is 1. The number of carbonyl (C=O) groups excluding carboxylic acids is 3. The monoisotopic (exact) mass is 382 g/mol. The van der Waals surface area contributed by atoms with Crippen LogP contribution in [0.2, 0.25) is 0 Å². The maximum absolute atomic E-state index is 12.2. The minimum atomic E-state index is -0.588. The zero-order chi connectivity index (χ0) is 20.1. The molecule has 0 unspecified atom stereocenters. The lowest BCUT2D eigenvalue weighted by atomic mass is 9.85. The lowest BCUT2D eigenvalue weighted by molar-refractivity contribution is -0.143. The van der Waals surface area contributed by atoms with Crippen LogP contribution < -0.4 is 0 Å². The highest BCUT2D eigenvalue weighted by Crippen LogP contribution is 2.36. The first-order valence-electron chi connectivity index (χ1n) is 10.9. The van der Waals surface area contributed by atoms with Gasteiger partial charge in [-0.1, -0.05) is 39.0 Å². The second kappa shape index (κ2) is 13.9. The molecule has 0 amide bonds. The predicted octanol–water partition coefficient (Wildman–Crippen LogP) is 4.39. The number of ketones is 2. The largest absolute Gasteiger partial charge is 0.466 e. The number of carbonyl (C=O) groups is 3. The third-order valence-corrected chi connectivity index (χ3v) is 5.60. The molecule has 1 aliphatic rings. The van der Waals surface area contributed by atoms with Gasteiger partial charge in [0.15, 0.2) is 0 Å². The first kappa shape index (κ1) is 23.8. The molecule has 0 radical (unpaired) electrons. The van der Waals surface area contributed by atoms with Crippen LogP contribution in [-0.2, 0) is 19.1 Å². The van der Waals surface area contributed by atoms with Gasteiger partial charge in [-0.05, 0) is 38.5 Å². The van der Waals surface area contributed by atoms with E-state index in [0.29, 0.717) is 32.3 Å². The van der Waals surface area contributed by atoms with Gasteiger partial charge in [-0.25, -0.2) is 0 Å². The first-order valence-corrected chi connectivity index (χ1v) is 10.9. The fourth-order valence-corrected chi connectivity index (χ4v) is 4.03. The summed E-state index contributed by atoms with van der Waals surface area (Å²) in [5.41, 5.74) is 0. The van der Waals surface area contributed by atoms with Gasteiger partial charge in [0.05, 0.1) is 12.7 Å². The zero-order valence-corrected chi connectivity index (χ0v) is 17.2. The van der Waals surface area contributed by atoms with Crippen molar-refractivity contribution in [3.05, 3.63) is 0 Å². The Hall–Kier alpha value is -1.23. The van der Waals surface area contributed by atoms with Gasteiger partial charge in [0, 0.05) is 31.6 Å². The molecule has 0 bridgehead atoms. The second-order valence-corrected chi connectivity index (χ2v) is 7.80. The summed E-state index contributed by atoms with van der Waals surface area (Å²) in [6, 6.07) is 0. The van der Waals surface area contributed by atoms with E-state index in [1.165, 1.54) is 0 Å². The Balaban J connectivity index is 2.27. The van der Waals surface area contributed by atoms with Crippen LogP contribution >= 0.6 is 0 Å². The smallest absolute Gasteiger partial charge is 0.305 e. The molecule has 27 heavy (non-hydrogen) atoms. The van der Waals surface area contributed by atoms with E-state index in [-0.39, 0.29) is 35.8 Å². The zero-order valence-electron chi connectivity index (χ0n) is 17.2. The summed E-state index contributed by atoms with van der Waals surface area (Å²) in [7, 11) is 0. The van der Waals surface area contributed by atoms with E-state index in [0.717, 1.165) is 51.4 Å². The van der Waals surface area contributed by atoms with Gasteiger partial charge in [-0.3, -0.25) is 14.4 Å². The highest BCUT2D eigenvalue weighted by molar-refractivity contribution is 5.84. The first-order chi connectivity index (χ1) is 13.0. The van der Waals surface area contributed by atoms with Gasteiger partial charge in [-0.2, -0.15) is 0 Å². The standard InChI is InChI=1S/C22H38O5/c1-3-5-8-11-17(23)14-15-19-18(20(24)16-21(19)25)12-9-6-7-10-13-22(26)27-4-2/h18-19,21,25H,3-16H2,1-2H3/t18-,19-,21-/m1/s1. The van der Waals surface area contributed by atoms with E-state index in [2.05, 4.69) is 6.92 Å². The summed E-state index contributed by atoms with van der Waals surface area (Å²) in [4.78, 5) is 35.5. The maximum atomic E-state index is 12.2. The van der Waals surface area contributed by atoms with Crippen LogP contribution in [0.4, 0.5) is 0 Å². The Morgan fingerprint density at radius 2 is 1.67 bits per heavy atom. The molecular weight excluding hydrogens is 344 g/mol. The van der Waals surface area contributed by atoms with Crippen LogP contribution in [0.5, 0.6) is 0 Å². The van der Waals surface area contributed by atoms with E-state index in [9.17, 15) is 19.5 Å². The molecule has 0 aromatic carbocycles. The Kier molecular flexibility index (Phi) is 12.2. The van der Waals surface area contributed by atoms with Gasteiger partial charge in [-0.15, -0.1) is 0 Å². The Labute approximate surface area is 164 Å². The Morgan fingerprint density at radius 3 is 2.37 bits per heavy atom. The third kappa shape index (κ3) is 9.50. The number of rotatable bonds is 15. The van der Waals surface area contributed by atoms with Crippen LogP contribution in [-0.4, -0.2) is 35.4 Å². The van der Waals surface area contributed by atoms with Crippen molar-refractivity contribution in [2.75, 3.05) is 6.61 Å². The van der Waals surface area contributed by atoms with Crippen LogP contribution in [0, 0.1) is 11.8 Å². The highest BCUT2D eigenvalue weighted by atomic mass is 16.5. The van der Waals surface area contributed by atoms with Crippen molar-refractivity contribution in [2.24, 2.45) is 11.8 Å². The van der Waals surface area contributed by atoms with E-state index >= 15 is 0 Å². The highest BCUT2D eigenvalue weighted by Gasteiger charge is 2.40. The molecule has 1 rings (SSSR count). The number of Topliss-reactive ketones (excluding diaryl/α,β-unsaturated/α-hetero) is 2. The summed E-state index contributed by atoms with van der Waals surface area (Å²) in [5, 5.41) is 10.2. The van der Waals surface area contributed by atoms with Crippen molar-refractivity contribution in [1.29, 1.82) is 0 Å². The average Bonchev–Trinajstić information content (AvgIpc) is 2.89. The van der Waals surface area contributed by atoms with Crippen LogP contribution in [0.15, 0.2) is 0 Å². The fourth-order valence-electron chi connectivity index (χ4n) is 4.03. The average molecular weight is 383 g/mol. The number of aliphatic hydroxyl groups is 1. The normalized spacial score (nSPS) is 22.2. The predicted molar refractivity (Wildman–Crippen MR) is 105 cm³/mol. The summed E-state index contributed by atoms with van der Waals surface area (Å²) in [6.07, 6.45) is 9.40. The summed E-state index contributed by atoms with van der Waals surface area (Å²) < 4.78 is 4.91. The molecular formula is C22H38O5. The number of hydrogen-bond donors (Lipinski definition) is 1. The van der Waals surface area contributed by atoms with E-state index in [4.69, 9.17) is 4.74 Å². The molecule has 0 aromatic rings. The minimum absolute atomic E-state index is 0.0628. The van der Waals surface area contributed by atoms with Crippen molar-refractivity contribution in [2.45, 2.75) is 103 Å². The molecule has 0 spiro atoms. The van der Waals surface area contributed by atoms with Gasteiger partial charge < -0.3 is 9.84 Å². The number of ether oxygens (including phenoxy) is 1. The van der Waals surface area contributed by atoms with E-state index < -0.39 is 6.10 Å². The van der Waals surface area contributed by atoms with Crippen LogP contribution in [0.3, 0.4) is 0 Å². The van der Waals surface area contributed by atoms with Gasteiger partial charge in [0.1, 0.15) is 11.6 Å². The fraction of sp³-hybridized carbons (Fsp3) is 0.864. The summed E-state index contributed by atoms with van der Waals surface area (Å²) >= 11 is 0. The molecule has 1 N–H and O–H groups in total. The molecule has 5 heteroatoms. The quantitative estimate of drug-likeness (QED) is 0.336. The summed E-state index contributed by atoms with van der Waals surface area (Å²) in [6.45, 7) is 4.35. The molecule has 3 atom stereocenters. The van der Waals surface area contributed by atoms with Crippen molar-refractivity contribution >= 4 is 17.5 Å². The molecule has 1 aliphatic carbocycles. The van der Waals surface area contributed by atoms with Gasteiger partial charge in [0.2, 0.25) is 0 Å². The van der Waals surface area contributed by atoms with Crippen LogP contribution in [0.25, 0.3) is 0 Å².